The van der Waals surface area contributed by atoms with Crippen LogP contribution in [0.25, 0.3) is 0 Å². The van der Waals surface area contributed by atoms with Crippen molar-refractivity contribution in [1.82, 2.24) is 5.16 Å². The first-order chi connectivity index (χ1) is 4.29. The maximum atomic E-state index is 4.73. The zero-order chi connectivity index (χ0) is 7.28. The molecule has 1 aromatic heterocycles. The number of rotatable bonds is 0. The molecule has 0 radical (unpaired) electrons. The summed E-state index contributed by atoms with van der Waals surface area (Å²) in [5.74, 6) is 0.824. The second kappa shape index (κ2) is 4.32. The molecule has 0 spiro atoms. The van der Waals surface area contributed by atoms with E-state index < -0.39 is 0 Å². The summed E-state index contributed by atoms with van der Waals surface area (Å²) in [4.78, 5) is 0. The Balaban J connectivity index is 0.000000291. The van der Waals surface area contributed by atoms with E-state index in [0.29, 0.717) is 4.64 Å². The fraction of sp³-hybridized carbons (Fsp3) is 0.500. The Morgan fingerprint density at radius 2 is 2.11 bits per heavy atom. The summed E-state index contributed by atoms with van der Waals surface area (Å²) in [6, 6.07) is 1.76. The topological polar surface area (TPSA) is 28.9 Å². The fourth-order valence-corrected chi connectivity index (χ4v) is 0.582. The zero-order valence-electron chi connectivity index (χ0n) is 5.89. The molecule has 52 valence electrons. The van der Waals surface area contributed by atoms with Gasteiger partial charge in [0.2, 0.25) is 0 Å². The average molecular weight is 145 g/mol. The lowest BCUT2D eigenvalue weighted by atomic mass is 10.5. The van der Waals surface area contributed by atoms with Crippen LogP contribution >= 0.6 is 12.2 Å². The van der Waals surface area contributed by atoms with Crippen molar-refractivity contribution in [2.45, 2.75) is 20.8 Å². The van der Waals surface area contributed by atoms with Crippen LogP contribution in [0.2, 0.25) is 0 Å². The summed E-state index contributed by atoms with van der Waals surface area (Å²) >= 11 is 4.68. The first-order valence-corrected chi connectivity index (χ1v) is 3.35. The molecule has 0 aliphatic heterocycles. The smallest absolute Gasteiger partial charge is 0.138 e. The lowest BCUT2D eigenvalue weighted by Crippen LogP contribution is -1.50. The Kier molecular flexibility index (Phi) is 4.05. The Hall–Kier alpha value is -0.570. The van der Waals surface area contributed by atoms with Crippen molar-refractivity contribution < 1.29 is 4.52 Å². The summed E-state index contributed by atoms with van der Waals surface area (Å²) in [5, 5.41) is 2.51. The maximum Gasteiger partial charge on any atom is 0.138 e. The van der Waals surface area contributed by atoms with Crippen molar-refractivity contribution in [1.29, 1.82) is 0 Å². The molecule has 0 aliphatic carbocycles. The number of hydrogen-bond acceptors (Lipinski definition) is 2. The summed E-state index contributed by atoms with van der Waals surface area (Å²) in [6.07, 6.45) is 0. The quantitative estimate of drug-likeness (QED) is 0.568. The molecule has 0 saturated heterocycles. The van der Waals surface area contributed by atoms with E-state index in [1.54, 1.807) is 6.07 Å². The minimum atomic E-state index is 0.650. The Morgan fingerprint density at radius 1 is 1.56 bits per heavy atom. The molecule has 3 heteroatoms. The van der Waals surface area contributed by atoms with Crippen LogP contribution in [-0.4, -0.2) is 5.16 Å². The maximum absolute atomic E-state index is 4.73. The number of hydrogen-bond donors (Lipinski definition) is 1. The van der Waals surface area contributed by atoms with Crippen LogP contribution in [0.1, 0.15) is 19.6 Å². The van der Waals surface area contributed by atoms with Gasteiger partial charge in [-0.15, -0.1) is 0 Å². The SMILES string of the molecule is CC.Cc1cc(=S)[nH]o1. The van der Waals surface area contributed by atoms with E-state index in [2.05, 4.69) is 17.4 Å². The molecule has 0 amide bonds. The molecule has 0 aromatic carbocycles. The van der Waals surface area contributed by atoms with Gasteiger partial charge in [-0.2, -0.15) is 0 Å². The predicted octanol–water partition coefficient (Wildman–Crippen LogP) is 2.67. The van der Waals surface area contributed by atoms with Crippen LogP contribution in [0.15, 0.2) is 10.6 Å². The highest BCUT2D eigenvalue weighted by molar-refractivity contribution is 7.71. The number of aromatic nitrogens is 1. The van der Waals surface area contributed by atoms with Crippen molar-refractivity contribution in [3.63, 3.8) is 0 Å². The van der Waals surface area contributed by atoms with E-state index in [-0.39, 0.29) is 0 Å². The molecular weight excluding hydrogens is 134 g/mol. The van der Waals surface area contributed by atoms with Gasteiger partial charge in [-0.25, -0.2) is 5.16 Å². The number of aryl methyl sites for hydroxylation is 1. The molecule has 0 unspecified atom stereocenters. The minimum Gasteiger partial charge on any atom is -0.386 e. The van der Waals surface area contributed by atoms with Crippen molar-refractivity contribution in [3.8, 4) is 0 Å². The van der Waals surface area contributed by atoms with Crippen molar-refractivity contribution in [3.05, 3.63) is 16.5 Å². The highest BCUT2D eigenvalue weighted by atomic mass is 32.1. The molecule has 1 rings (SSSR count). The fourth-order valence-electron chi connectivity index (χ4n) is 0.374. The van der Waals surface area contributed by atoms with Crippen molar-refractivity contribution in [2.24, 2.45) is 0 Å². The summed E-state index contributed by atoms with van der Waals surface area (Å²) in [5.41, 5.74) is 0. The van der Waals surface area contributed by atoms with E-state index in [9.17, 15) is 0 Å². The molecule has 0 atom stereocenters. The molecule has 1 N–H and O–H groups in total. The standard InChI is InChI=1S/C4H5NOS.C2H6/c1-3-2-4(7)5-6-3;1-2/h2H,1H3,(H,5,7);1-2H3. The first-order valence-electron chi connectivity index (χ1n) is 2.94. The number of nitrogens with one attached hydrogen (secondary N) is 1. The largest absolute Gasteiger partial charge is 0.386 e. The van der Waals surface area contributed by atoms with Crippen LogP contribution in [-0.2, 0) is 0 Å². The highest BCUT2D eigenvalue weighted by Crippen LogP contribution is 1.93. The third-order valence-corrected chi connectivity index (χ3v) is 0.848. The van der Waals surface area contributed by atoms with E-state index in [0.717, 1.165) is 5.76 Å². The Morgan fingerprint density at radius 3 is 2.22 bits per heavy atom. The first kappa shape index (κ1) is 8.43. The molecule has 1 heterocycles. The summed E-state index contributed by atoms with van der Waals surface area (Å²) in [6.45, 7) is 5.84. The van der Waals surface area contributed by atoms with Gasteiger partial charge in [0.25, 0.3) is 0 Å². The molecule has 1 aromatic rings. The zero-order valence-corrected chi connectivity index (χ0v) is 6.71. The van der Waals surface area contributed by atoms with Crippen LogP contribution in [0.3, 0.4) is 0 Å². The second-order valence-electron chi connectivity index (χ2n) is 1.32. The van der Waals surface area contributed by atoms with Gasteiger partial charge in [0, 0.05) is 6.07 Å². The minimum absolute atomic E-state index is 0.650. The normalized spacial score (nSPS) is 7.89. The van der Waals surface area contributed by atoms with Gasteiger partial charge in [-0.3, -0.25) is 0 Å². The van der Waals surface area contributed by atoms with Gasteiger partial charge >= 0.3 is 0 Å². The van der Waals surface area contributed by atoms with E-state index in [4.69, 9.17) is 4.52 Å². The van der Waals surface area contributed by atoms with Gasteiger partial charge in [0.05, 0.1) is 0 Å². The highest BCUT2D eigenvalue weighted by Gasteiger charge is 1.82. The molecule has 0 bridgehead atoms. The van der Waals surface area contributed by atoms with Gasteiger partial charge in [0.1, 0.15) is 10.4 Å². The lowest BCUT2D eigenvalue weighted by molar-refractivity contribution is 0.395. The van der Waals surface area contributed by atoms with E-state index in [1.807, 2.05) is 20.8 Å². The van der Waals surface area contributed by atoms with Crippen LogP contribution < -0.4 is 0 Å². The number of aromatic amines is 1. The molecule has 0 fully saturated rings. The van der Waals surface area contributed by atoms with Gasteiger partial charge in [-0.05, 0) is 6.92 Å². The summed E-state index contributed by atoms with van der Waals surface area (Å²) < 4.78 is 5.39. The third-order valence-electron chi connectivity index (χ3n) is 0.647. The van der Waals surface area contributed by atoms with Gasteiger partial charge in [-0.1, -0.05) is 26.1 Å². The van der Waals surface area contributed by atoms with Crippen LogP contribution in [0.5, 0.6) is 0 Å². The summed E-state index contributed by atoms with van der Waals surface area (Å²) in [7, 11) is 0. The molecule has 0 aliphatic rings. The third kappa shape index (κ3) is 3.08. The Labute approximate surface area is 59.9 Å². The lowest BCUT2D eigenvalue weighted by Gasteiger charge is -1.67. The van der Waals surface area contributed by atoms with E-state index >= 15 is 0 Å². The average Bonchev–Trinajstić information content (AvgIpc) is 2.20. The van der Waals surface area contributed by atoms with E-state index in [1.165, 1.54) is 0 Å². The van der Waals surface area contributed by atoms with Crippen LogP contribution in [0.4, 0.5) is 0 Å². The van der Waals surface area contributed by atoms with Crippen molar-refractivity contribution >= 4 is 12.2 Å². The van der Waals surface area contributed by atoms with Crippen LogP contribution in [0, 0.1) is 11.6 Å². The number of H-pyrrole nitrogens is 1. The van der Waals surface area contributed by atoms with Gasteiger partial charge in [0.15, 0.2) is 0 Å². The molecular formula is C6H11NOS. The molecule has 0 saturated carbocycles. The predicted molar refractivity (Wildman–Crippen MR) is 40.0 cm³/mol. The monoisotopic (exact) mass is 145 g/mol. The molecule has 9 heavy (non-hydrogen) atoms. The van der Waals surface area contributed by atoms with Gasteiger partial charge < -0.3 is 4.52 Å². The Bertz CT molecular complexity index is 201. The molecule has 2 nitrogen and oxygen atoms in total. The second-order valence-corrected chi connectivity index (χ2v) is 1.76. The van der Waals surface area contributed by atoms with Crippen molar-refractivity contribution in [2.75, 3.05) is 0 Å².